The minimum atomic E-state index is -0.814. The third kappa shape index (κ3) is 4.19. The average molecular weight is 353 g/mol. The Morgan fingerprint density at radius 3 is 1.88 bits per heavy atom. The molecule has 26 heavy (non-hydrogen) atoms. The van der Waals surface area contributed by atoms with E-state index in [2.05, 4.69) is 45.0 Å². The van der Waals surface area contributed by atoms with E-state index in [1.54, 1.807) is 19.9 Å². The van der Waals surface area contributed by atoms with Crippen LogP contribution in [0, 0.1) is 13.8 Å². The summed E-state index contributed by atoms with van der Waals surface area (Å²) in [7, 11) is 0. The molecule has 0 aliphatic rings. The Hall–Kier alpha value is -2.06. The van der Waals surface area contributed by atoms with E-state index >= 15 is 0 Å². The average Bonchev–Trinajstić information content (AvgIpc) is 2.58. The van der Waals surface area contributed by atoms with E-state index < -0.39 is 5.60 Å². The molecule has 2 rings (SSSR count). The number of aryl methyl sites for hydroxylation is 2. The van der Waals surface area contributed by atoms with Gasteiger partial charge in [0.05, 0.1) is 5.60 Å². The molecule has 0 fully saturated rings. The van der Waals surface area contributed by atoms with Gasteiger partial charge in [-0.2, -0.15) is 0 Å². The summed E-state index contributed by atoms with van der Waals surface area (Å²) < 4.78 is 0. The number of hydrogen-bond acceptors (Lipinski definition) is 2. The molecule has 140 valence electrons. The van der Waals surface area contributed by atoms with Crippen molar-refractivity contribution < 1.29 is 10.2 Å². The normalized spacial score (nSPS) is 12.7. The maximum absolute atomic E-state index is 9.92. The maximum atomic E-state index is 9.92. The van der Waals surface area contributed by atoms with Gasteiger partial charge in [-0.1, -0.05) is 56.3 Å². The van der Waals surface area contributed by atoms with Crippen LogP contribution in [0.5, 0.6) is 5.75 Å². The maximum Gasteiger partial charge on any atom is 0.118 e. The van der Waals surface area contributed by atoms with Crippen LogP contribution < -0.4 is 0 Å². The van der Waals surface area contributed by atoms with Crippen molar-refractivity contribution in [2.75, 3.05) is 0 Å². The molecular weight excluding hydrogens is 320 g/mol. The molecule has 0 aliphatic heterocycles. The van der Waals surface area contributed by atoms with Crippen LogP contribution in [0.4, 0.5) is 0 Å². The molecule has 0 heterocycles. The molecule has 2 aromatic rings. The van der Waals surface area contributed by atoms with E-state index in [9.17, 15) is 10.2 Å². The number of phenols is 1. The van der Waals surface area contributed by atoms with E-state index in [0.717, 1.165) is 24.0 Å². The van der Waals surface area contributed by atoms with Crippen molar-refractivity contribution in [1.82, 2.24) is 0 Å². The minimum absolute atomic E-state index is 0.0677. The first-order chi connectivity index (χ1) is 12.1. The Bertz CT molecular complexity index is 790. The quantitative estimate of drug-likeness (QED) is 0.679. The second-order valence-electron chi connectivity index (χ2n) is 7.85. The van der Waals surface area contributed by atoms with Gasteiger partial charge in [-0.15, -0.1) is 0 Å². The lowest BCUT2D eigenvalue weighted by Crippen LogP contribution is -2.26. The number of aromatic hydroxyl groups is 1. The van der Waals surface area contributed by atoms with E-state index in [4.69, 9.17) is 0 Å². The highest BCUT2D eigenvalue weighted by molar-refractivity contribution is 5.57. The van der Waals surface area contributed by atoms with E-state index in [-0.39, 0.29) is 5.41 Å². The molecule has 0 spiro atoms. The highest BCUT2D eigenvalue weighted by Gasteiger charge is 2.31. The van der Waals surface area contributed by atoms with Gasteiger partial charge in [-0.25, -0.2) is 0 Å². The van der Waals surface area contributed by atoms with Crippen LogP contribution >= 0.6 is 0 Å². The van der Waals surface area contributed by atoms with Crippen molar-refractivity contribution in [1.29, 1.82) is 0 Å². The number of hydrogen-bond donors (Lipinski definition) is 2. The summed E-state index contributed by atoms with van der Waals surface area (Å²) in [6.45, 7) is 12.1. The van der Waals surface area contributed by atoms with E-state index in [0.29, 0.717) is 5.75 Å². The summed E-state index contributed by atoms with van der Waals surface area (Å²) >= 11 is 0. The molecule has 0 amide bonds. The van der Waals surface area contributed by atoms with Gasteiger partial charge < -0.3 is 10.2 Å². The summed E-state index contributed by atoms with van der Waals surface area (Å²) in [5.41, 5.74) is 4.90. The van der Waals surface area contributed by atoms with Crippen molar-refractivity contribution in [2.24, 2.45) is 0 Å². The minimum Gasteiger partial charge on any atom is -0.508 e. The fourth-order valence-corrected chi connectivity index (χ4v) is 3.64. The van der Waals surface area contributed by atoms with Crippen LogP contribution in [0.25, 0.3) is 6.08 Å². The van der Waals surface area contributed by atoms with Crippen LogP contribution in [-0.4, -0.2) is 15.8 Å². The number of aliphatic hydroxyl groups is 1. The predicted molar refractivity (Wildman–Crippen MR) is 111 cm³/mol. The van der Waals surface area contributed by atoms with Crippen molar-refractivity contribution in [2.45, 2.75) is 65.4 Å². The monoisotopic (exact) mass is 352 g/mol. The summed E-state index contributed by atoms with van der Waals surface area (Å²) in [6, 6.07) is 12.6. The summed E-state index contributed by atoms with van der Waals surface area (Å²) in [5.74, 6) is 0.345. The Kier molecular flexibility index (Phi) is 5.98. The molecule has 2 heteroatoms. The van der Waals surface area contributed by atoms with Gasteiger partial charge in [0.15, 0.2) is 0 Å². The third-order valence-corrected chi connectivity index (χ3v) is 5.45. The van der Waals surface area contributed by atoms with Gasteiger partial charge in [0, 0.05) is 5.41 Å². The zero-order chi connectivity index (χ0) is 19.5. The Morgan fingerprint density at radius 1 is 0.885 bits per heavy atom. The van der Waals surface area contributed by atoms with E-state index in [1.807, 2.05) is 25.1 Å². The molecule has 0 atom stereocenters. The number of benzene rings is 2. The predicted octanol–water partition coefficient (Wildman–Crippen LogP) is 5.90. The molecule has 2 nitrogen and oxygen atoms in total. The first-order valence-corrected chi connectivity index (χ1v) is 9.46. The lowest BCUT2D eigenvalue weighted by atomic mass is 9.70. The van der Waals surface area contributed by atoms with Gasteiger partial charge in [-0.05, 0) is 74.4 Å². The molecule has 2 N–H and O–H groups in total. The molecule has 0 unspecified atom stereocenters. The van der Waals surface area contributed by atoms with Crippen LogP contribution in [0.1, 0.15) is 68.4 Å². The van der Waals surface area contributed by atoms with Crippen LogP contribution in [0.15, 0.2) is 42.5 Å². The fraction of sp³-hybridized carbons (Fsp3) is 0.417. The number of rotatable bonds is 6. The van der Waals surface area contributed by atoms with Crippen molar-refractivity contribution in [3.63, 3.8) is 0 Å². The Balaban J connectivity index is 2.52. The first-order valence-electron chi connectivity index (χ1n) is 9.46. The molecule has 2 aromatic carbocycles. The van der Waals surface area contributed by atoms with Crippen molar-refractivity contribution in [3.05, 3.63) is 70.3 Å². The largest absolute Gasteiger partial charge is 0.508 e. The topological polar surface area (TPSA) is 40.5 Å². The highest BCUT2D eigenvalue weighted by Crippen LogP contribution is 2.40. The highest BCUT2D eigenvalue weighted by atomic mass is 16.3. The van der Waals surface area contributed by atoms with Gasteiger partial charge >= 0.3 is 0 Å². The summed E-state index contributed by atoms with van der Waals surface area (Å²) in [4.78, 5) is 0. The van der Waals surface area contributed by atoms with Gasteiger partial charge in [-0.3, -0.25) is 0 Å². The van der Waals surface area contributed by atoms with Crippen LogP contribution in [0.2, 0.25) is 0 Å². The Labute approximate surface area is 158 Å². The fourth-order valence-electron chi connectivity index (χ4n) is 3.64. The van der Waals surface area contributed by atoms with Crippen LogP contribution in [-0.2, 0) is 5.41 Å². The standard InChI is InChI=1S/C24H32O2/c1-7-24(8-2,21-11-12-22(25)18(4)16-21)20-10-9-19(17(3)15-20)13-14-23(5,6)26/h9-16,25-26H,7-8H2,1-6H3. The molecule has 0 bridgehead atoms. The zero-order valence-electron chi connectivity index (χ0n) is 16.9. The van der Waals surface area contributed by atoms with Crippen molar-refractivity contribution in [3.8, 4) is 5.75 Å². The van der Waals surface area contributed by atoms with E-state index in [1.165, 1.54) is 16.7 Å². The smallest absolute Gasteiger partial charge is 0.118 e. The third-order valence-electron chi connectivity index (χ3n) is 5.45. The van der Waals surface area contributed by atoms with Crippen molar-refractivity contribution >= 4 is 6.08 Å². The molecular formula is C24H32O2. The lowest BCUT2D eigenvalue weighted by molar-refractivity contribution is 0.134. The van der Waals surface area contributed by atoms with Gasteiger partial charge in [0.25, 0.3) is 0 Å². The second-order valence-corrected chi connectivity index (χ2v) is 7.85. The second kappa shape index (κ2) is 7.67. The summed E-state index contributed by atoms with van der Waals surface area (Å²) in [5, 5.41) is 19.8. The SMILES string of the molecule is CCC(CC)(c1ccc(O)c(C)c1)c1ccc(C=CC(C)(C)O)c(C)c1. The van der Waals surface area contributed by atoms with Gasteiger partial charge in [0.1, 0.15) is 5.75 Å². The first kappa shape index (κ1) is 20.3. The Morgan fingerprint density at radius 2 is 1.42 bits per heavy atom. The molecule has 0 aromatic heterocycles. The zero-order valence-corrected chi connectivity index (χ0v) is 16.9. The number of phenolic OH excluding ortho intramolecular Hbond substituents is 1. The lowest BCUT2D eigenvalue weighted by Gasteiger charge is -2.34. The van der Waals surface area contributed by atoms with Crippen LogP contribution in [0.3, 0.4) is 0 Å². The molecule has 0 radical (unpaired) electrons. The molecule has 0 saturated carbocycles. The van der Waals surface area contributed by atoms with Gasteiger partial charge in [0.2, 0.25) is 0 Å². The molecule has 0 aliphatic carbocycles. The summed E-state index contributed by atoms with van der Waals surface area (Å²) in [6.07, 6.45) is 5.80. The molecule has 0 saturated heterocycles.